The summed E-state index contributed by atoms with van der Waals surface area (Å²) in [6, 6.07) is 16.1. The summed E-state index contributed by atoms with van der Waals surface area (Å²) in [6.07, 6.45) is 0.374. The van der Waals surface area contributed by atoms with Crippen molar-refractivity contribution < 1.29 is 19.4 Å². The Labute approximate surface area is 147 Å². The van der Waals surface area contributed by atoms with Crippen LogP contribution in [0.2, 0.25) is 0 Å². The summed E-state index contributed by atoms with van der Waals surface area (Å²) in [4.78, 5) is 24.3. The molecule has 0 aromatic heterocycles. The summed E-state index contributed by atoms with van der Waals surface area (Å²) < 4.78 is 5.04. The second-order valence-electron chi connectivity index (χ2n) is 5.92. The molecule has 0 fully saturated rings. The molecule has 0 bridgehead atoms. The fourth-order valence-corrected chi connectivity index (χ4v) is 2.79. The highest BCUT2D eigenvalue weighted by atomic mass is 16.5. The molecule has 0 aliphatic rings. The van der Waals surface area contributed by atoms with Gasteiger partial charge in [-0.05, 0) is 29.7 Å². The molecule has 0 saturated carbocycles. The van der Waals surface area contributed by atoms with E-state index >= 15 is 0 Å². The number of benzene rings is 2. The third kappa shape index (κ3) is 4.25. The van der Waals surface area contributed by atoms with E-state index in [-0.39, 0.29) is 12.5 Å². The fraction of sp³-hybridized carbons (Fsp3) is 0.300. The first kappa shape index (κ1) is 18.7. The fourth-order valence-electron chi connectivity index (χ4n) is 2.79. The van der Waals surface area contributed by atoms with Gasteiger partial charge in [-0.2, -0.15) is 0 Å². The van der Waals surface area contributed by atoms with Crippen molar-refractivity contribution in [3.05, 3.63) is 71.3 Å². The van der Waals surface area contributed by atoms with Gasteiger partial charge in [-0.3, -0.25) is 9.59 Å². The quantitative estimate of drug-likeness (QED) is 0.774. The van der Waals surface area contributed by atoms with Gasteiger partial charge in [0.25, 0.3) is 5.91 Å². The predicted molar refractivity (Wildman–Crippen MR) is 95.5 cm³/mol. The van der Waals surface area contributed by atoms with Crippen LogP contribution in [0.15, 0.2) is 54.6 Å². The maximum atomic E-state index is 12.4. The zero-order valence-electron chi connectivity index (χ0n) is 14.5. The van der Waals surface area contributed by atoms with Crippen LogP contribution in [0.5, 0.6) is 0 Å². The van der Waals surface area contributed by atoms with Crippen LogP contribution in [-0.2, 0) is 21.6 Å². The molecular formula is C20H23NO4. The number of ether oxygens (including phenoxy) is 1. The van der Waals surface area contributed by atoms with Gasteiger partial charge in [0.1, 0.15) is 5.41 Å². The molecule has 0 saturated heterocycles. The number of amides is 1. The minimum atomic E-state index is -1.15. The Kier molecular flexibility index (Phi) is 6.31. The lowest BCUT2D eigenvalue weighted by Crippen LogP contribution is -2.46. The zero-order chi connectivity index (χ0) is 18.3. The van der Waals surface area contributed by atoms with Gasteiger partial charge in [-0.15, -0.1) is 0 Å². The minimum absolute atomic E-state index is 0.0293. The molecule has 5 heteroatoms. The van der Waals surface area contributed by atoms with Crippen molar-refractivity contribution in [2.75, 3.05) is 13.7 Å². The van der Waals surface area contributed by atoms with Gasteiger partial charge >= 0.3 is 5.97 Å². The van der Waals surface area contributed by atoms with Crippen LogP contribution in [-0.4, -0.2) is 30.6 Å². The molecule has 5 nitrogen and oxygen atoms in total. The highest BCUT2D eigenvalue weighted by Crippen LogP contribution is 2.28. The molecule has 1 atom stereocenters. The number of rotatable bonds is 8. The topological polar surface area (TPSA) is 75.6 Å². The Balaban J connectivity index is 2.15. The lowest BCUT2D eigenvalue weighted by atomic mass is 9.78. The Morgan fingerprint density at radius 3 is 2.24 bits per heavy atom. The van der Waals surface area contributed by atoms with Crippen LogP contribution in [0.25, 0.3) is 0 Å². The summed E-state index contributed by atoms with van der Waals surface area (Å²) in [5.74, 6) is -1.24. The average molecular weight is 341 g/mol. The Hall–Kier alpha value is -2.66. The molecule has 2 aromatic carbocycles. The van der Waals surface area contributed by atoms with E-state index in [0.29, 0.717) is 24.2 Å². The van der Waals surface area contributed by atoms with Crippen molar-refractivity contribution in [1.82, 2.24) is 5.32 Å². The Morgan fingerprint density at radius 1 is 1.08 bits per heavy atom. The van der Waals surface area contributed by atoms with Gasteiger partial charge in [0.2, 0.25) is 0 Å². The largest absolute Gasteiger partial charge is 0.481 e. The molecule has 2 rings (SSSR count). The molecule has 0 radical (unpaired) electrons. The van der Waals surface area contributed by atoms with Gasteiger partial charge in [-0.1, -0.05) is 49.4 Å². The lowest BCUT2D eigenvalue weighted by molar-refractivity contribution is -0.143. The van der Waals surface area contributed by atoms with Gasteiger partial charge in [0, 0.05) is 19.2 Å². The molecule has 0 aliphatic heterocycles. The van der Waals surface area contributed by atoms with Crippen molar-refractivity contribution in [2.24, 2.45) is 0 Å². The van der Waals surface area contributed by atoms with E-state index in [4.69, 9.17) is 4.74 Å². The van der Waals surface area contributed by atoms with Crippen molar-refractivity contribution in [2.45, 2.75) is 25.4 Å². The first-order valence-corrected chi connectivity index (χ1v) is 8.18. The maximum absolute atomic E-state index is 12.4. The van der Waals surface area contributed by atoms with Gasteiger partial charge < -0.3 is 15.2 Å². The van der Waals surface area contributed by atoms with Gasteiger partial charge in [0.05, 0.1) is 6.61 Å². The summed E-state index contributed by atoms with van der Waals surface area (Å²) in [7, 11) is 1.61. The second kappa shape index (κ2) is 8.44. The molecule has 2 N–H and O–H groups in total. The van der Waals surface area contributed by atoms with Crippen LogP contribution in [0, 0.1) is 0 Å². The maximum Gasteiger partial charge on any atom is 0.315 e. The first-order chi connectivity index (χ1) is 12.0. The standard InChI is InChI=1S/C20H23NO4/c1-3-20(19(23)24,17-7-5-4-6-8-17)14-21-18(22)16-11-9-15(10-12-16)13-25-2/h4-12H,3,13-14H2,1-2H3,(H,21,22)(H,23,24). The van der Waals surface area contributed by atoms with E-state index in [0.717, 1.165) is 5.56 Å². The second-order valence-corrected chi connectivity index (χ2v) is 5.92. The molecule has 0 aliphatic carbocycles. The number of hydrogen-bond donors (Lipinski definition) is 2. The third-order valence-corrected chi connectivity index (χ3v) is 4.42. The van der Waals surface area contributed by atoms with E-state index in [1.807, 2.05) is 25.1 Å². The molecule has 1 amide bonds. The third-order valence-electron chi connectivity index (χ3n) is 4.42. The number of aliphatic carboxylic acids is 1. The SMILES string of the molecule is CCC(CNC(=O)c1ccc(COC)cc1)(C(=O)O)c1ccccc1. The van der Waals surface area contributed by atoms with Crippen LogP contribution < -0.4 is 5.32 Å². The molecule has 1 unspecified atom stereocenters. The van der Waals surface area contributed by atoms with E-state index in [1.54, 1.807) is 43.5 Å². The lowest BCUT2D eigenvalue weighted by Gasteiger charge is -2.29. The molecular weight excluding hydrogens is 318 g/mol. The van der Waals surface area contributed by atoms with Crippen LogP contribution in [0.3, 0.4) is 0 Å². The Bertz CT molecular complexity index is 712. The molecule has 132 valence electrons. The zero-order valence-corrected chi connectivity index (χ0v) is 14.5. The highest BCUT2D eigenvalue weighted by molar-refractivity contribution is 5.95. The monoisotopic (exact) mass is 341 g/mol. The van der Waals surface area contributed by atoms with Crippen LogP contribution in [0.1, 0.15) is 34.8 Å². The number of carbonyl (C=O) groups excluding carboxylic acids is 1. The average Bonchev–Trinajstić information content (AvgIpc) is 2.64. The summed E-state index contributed by atoms with van der Waals surface area (Å²) in [5.41, 5.74) is 0.994. The minimum Gasteiger partial charge on any atom is -0.481 e. The van der Waals surface area contributed by atoms with E-state index in [1.165, 1.54) is 0 Å². The summed E-state index contributed by atoms with van der Waals surface area (Å²) in [5, 5.41) is 12.6. The van der Waals surface area contributed by atoms with Gasteiger partial charge in [0.15, 0.2) is 0 Å². The van der Waals surface area contributed by atoms with E-state index in [9.17, 15) is 14.7 Å². The molecule has 2 aromatic rings. The highest BCUT2D eigenvalue weighted by Gasteiger charge is 2.39. The summed E-state index contributed by atoms with van der Waals surface area (Å²) >= 11 is 0. The number of carbonyl (C=O) groups is 2. The number of hydrogen-bond acceptors (Lipinski definition) is 3. The van der Waals surface area contributed by atoms with Crippen LogP contribution >= 0.6 is 0 Å². The van der Waals surface area contributed by atoms with Crippen molar-refractivity contribution in [3.8, 4) is 0 Å². The van der Waals surface area contributed by atoms with Crippen LogP contribution in [0.4, 0.5) is 0 Å². The number of carboxylic acids is 1. The summed E-state index contributed by atoms with van der Waals surface area (Å²) in [6.45, 7) is 2.32. The predicted octanol–water partition coefficient (Wildman–Crippen LogP) is 3.00. The normalized spacial score (nSPS) is 13.0. The van der Waals surface area contributed by atoms with Gasteiger partial charge in [-0.25, -0.2) is 0 Å². The number of nitrogens with one attached hydrogen (secondary N) is 1. The van der Waals surface area contributed by atoms with E-state index in [2.05, 4.69) is 5.32 Å². The molecule has 0 heterocycles. The molecule has 0 spiro atoms. The van der Waals surface area contributed by atoms with Crippen molar-refractivity contribution in [3.63, 3.8) is 0 Å². The Morgan fingerprint density at radius 2 is 1.72 bits per heavy atom. The van der Waals surface area contributed by atoms with Crippen molar-refractivity contribution >= 4 is 11.9 Å². The number of carboxylic acid groups (broad SMARTS) is 1. The first-order valence-electron chi connectivity index (χ1n) is 8.18. The number of methoxy groups -OCH3 is 1. The smallest absolute Gasteiger partial charge is 0.315 e. The van der Waals surface area contributed by atoms with E-state index < -0.39 is 11.4 Å². The van der Waals surface area contributed by atoms with Crippen molar-refractivity contribution in [1.29, 1.82) is 0 Å². The molecule has 25 heavy (non-hydrogen) atoms.